The smallest absolute Gasteiger partial charge is 0.191 e. The van der Waals surface area contributed by atoms with E-state index in [1.165, 1.54) is 18.4 Å². The molecular formula is C14H20ClN3. The summed E-state index contributed by atoms with van der Waals surface area (Å²) in [7, 11) is 0. The Morgan fingerprint density at radius 2 is 2.28 bits per heavy atom. The zero-order valence-electron chi connectivity index (χ0n) is 10.7. The first kappa shape index (κ1) is 13.2. The number of benzene rings is 1. The molecule has 2 N–H and O–H groups in total. The van der Waals surface area contributed by atoms with Crippen LogP contribution in [-0.2, 0) is 6.42 Å². The lowest BCUT2D eigenvalue weighted by molar-refractivity contribution is 0.808. The number of halogens is 1. The van der Waals surface area contributed by atoms with E-state index in [0.29, 0.717) is 6.04 Å². The lowest BCUT2D eigenvalue weighted by Gasteiger charge is -2.10. The van der Waals surface area contributed by atoms with Crippen LogP contribution in [0.5, 0.6) is 0 Å². The SMILES string of the molecule is CCNC(=NCCc1cccc(Cl)c1)NC1CC1. The van der Waals surface area contributed by atoms with E-state index in [1.54, 1.807) is 0 Å². The van der Waals surface area contributed by atoms with Gasteiger partial charge in [0.2, 0.25) is 0 Å². The van der Waals surface area contributed by atoms with E-state index < -0.39 is 0 Å². The second-order valence-electron chi connectivity index (χ2n) is 4.56. The van der Waals surface area contributed by atoms with Crippen LogP contribution in [0.1, 0.15) is 25.3 Å². The molecule has 0 aromatic heterocycles. The Hall–Kier alpha value is -1.22. The van der Waals surface area contributed by atoms with Gasteiger partial charge in [-0.15, -0.1) is 0 Å². The molecule has 0 amide bonds. The van der Waals surface area contributed by atoms with Crippen LogP contribution in [0, 0.1) is 0 Å². The topological polar surface area (TPSA) is 36.4 Å². The monoisotopic (exact) mass is 265 g/mol. The first-order chi connectivity index (χ1) is 8.78. The third-order valence-corrected chi connectivity index (χ3v) is 3.06. The van der Waals surface area contributed by atoms with E-state index in [0.717, 1.165) is 30.5 Å². The molecule has 4 heteroatoms. The summed E-state index contributed by atoms with van der Waals surface area (Å²) in [5.41, 5.74) is 1.23. The molecule has 0 spiro atoms. The molecule has 1 fully saturated rings. The van der Waals surface area contributed by atoms with E-state index in [9.17, 15) is 0 Å². The fourth-order valence-corrected chi connectivity index (χ4v) is 1.94. The number of nitrogens with one attached hydrogen (secondary N) is 2. The highest BCUT2D eigenvalue weighted by Gasteiger charge is 2.21. The number of guanidine groups is 1. The summed E-state index contributed by atoms with van der Waals surface area (Å²) in [6.07, 6.45) is 3.44. The van der Waals surface area contributed by atoms with Gasteiger partial charge in [-0.2, -0.15) is 0 Å². The minimum absolute atomic E-state index is 0.633. The summed E-state index contributed by atoms with van der Waals surface area (Å²) >= 11 is 5.95. The van der Waals surface area contributed by atoms with Gasteiger partial charge in [0.15, 0.2) is 5.96 Å². The molecule has 0 unspecified atom stereocenters. The van der Waals surface area contributed by atoms with Crippen LogP contribution in [0.4, 0.5) is 0 Å². The molecule has 1 aliphatic rings. The average molecular weight is 266 g/mol. The summed E-state index contributed by atoms with van der Waals surface area (Å²) in [6, 6.07) is 8.59. The van der Waals surface area contributed by atoms with Crippen LogP contribution in [0.15, 0.2) is 29.3 Å². The summed E-state index contributed by atoms with van der Waals surface area (Å²) in [5.74, 6) is 0.932. The Bertz CT molecular complexity index is 413. The largest absolute Gasteiger partial charge is 0.357 e. The second-order valence-corrected chi connectivity index (χ2v) is 5.00. The van der Waals surface area contributed by atoms with E-state index in [1.807, 2.05) is 18.2 Å². The maximum Gasteiger partial charge on any atom is 0.191 e. The molecule has 0 bridgehead atoms. The lowest BCUT2D eigenvalue weighted by Crippen LogP contribution is -2.38. The van der Waals surface area contributed by atoms with Crippen LogP contribution in [0.25, 0.3) is 0 Å². The summed E-state index contributed by atoms with van der Waals surface area (Å²) < 4.78 is 0. The first-order valence-corrected chi connectivity index (χ1v) is 6.95. The quantitative estimate of drug-likeness (QED) is 0.634. The average Bonchev–Trinajstić information content (AvgIpc) is 3.13. The third kappa shape index (κ3) is 4.57. The maximum absolute atomic E-state index is 5.95. The van der Waals surface area contributed by atoms with Crippen molar-refractivity contribution in [2.45, 2.75) is 32.2 Å². The van der Waals surface area contributed by atoms with Gasteiger partial charge in [0.25, 0.3) is 0 Å². The lowest BCUT2D eigenvalue weighted by atomic mass is 10.1. The molecule has 1 aromatic rings. The fourth-order valence-electron chi connectivity index (χ4n) is 1.73. The van der Waals surface area contributed by atoms with E-state index in [-0.39, 0.29) is 0 Å². The van der Waals surface area contributed by atoms with Crippen molar-refractivity contribution in [1.82, 2.24) is 10.6 Å². The molecule has 98 valence electrons. The van der Waals surface area contributed by atoms with Gasteiger partial charge in [-0.3, -0.25) is 4.99 Å². The summed E-state index contributed by atoms with van der Waals surface area (Å²) in [5, 5.41) is 7.46. The molecule has 1 aliphatic carbocycles. The van der Waals surface area contributed by atoms with Gasteiger partial charge >= 0.3 is 0 Å². The van der Waals surface area contributed by atoms with E-state index in [4.69, 9.17) is 11.6 Å². The van der Waals surface area contributed by atoms with Crippen LogP contribution in [-0.4, -0.2) is 25.1 Å². The van der Waals surface area contributed by atoms with E-state index in [2.05, 4.69) is 28.6 Å². The van der Waals surface area contributed by atoms with Gasteiger partial charge in [-0.1, -0.05) is 23.7 Å². The minimum atomic E-state index is 0.633. The number of nitrogens with zero attached hydrogens (tertiary/aromatic N) is 1. The molecule has 3 nitrogen and oxygen atoms in total. The third-order valence-electron chi connectivity index (χ3n) is 2.82. The Labute approximate surface area is 114 Å². The Morgan fingerprint density at radius 3 is 2.94 bits per heavy atom. The van der Waals surface area contributed by atoms with Gasteiger partial charge in [0.1, 0.15) is 0 Å². The van der Waals surface area contributed by atoms with Crippen molar-refractivity contribution < 1.29 is 0 Å². The Balaban J connectivity index is 1.83. The molecule has 0 radical (unpaired) electrons. The molecule has 0 atom stereocenters. The van der Waals surface area contributed by atoms with Gasteiger partial charge in [-0.05, 0) is 43.9 Å². The van der Waals surface area contributed by atoms with Gasteiger partial charge in [-0.25, -0.2) is 0 Å². The van der Waals surface area contributed by atoms with Crippen molar-refractivity contribution in [2.24, 2.45) is 4.99 Å². The predicted octanol–water partition coefficient (Wildman–Crippen LogP) is 2.60. The zero-order chi connectivity index (χ0) is 12.8. The van der Waals surface area contributed by atoms with Gasteiger partial charge in [0, 0.05) is 24.2 Å². The molecule has 18 heavy (non-hydrogen) atoms. The molecule has 0 aliphatic heterocycles. The van der Waals surface area contributed by atoms with Crippen LogP contribution < -0.4 is 10.6 Å². The summed E-state index contributed by atoms with van der Waals surface area (Å²) in [6.45, 7) is 3.76. The molecule has 1 saturated carbocycles. The predicted molar refractivity (Wildman–Crippen MR) is 77.3 cm³/mol. The molecule has 0 saturated heterocycles. The molecule has 0 heterocycles. The van der Waals surface area contributed by atoms with Crippen LogP contribution in [0.3, 0.4) is 0 Å². The fraction of sp³-hybridized carbons (Fsp3) is 0.500. The van der Waals surface area contributed by atoms with Crippen molar-refractivity contribution in [1.29, 1.82) is 0 Å². The summed E-state index contributed by atoms with van der Waals surface area (Å²) in [4.78, 5) is 4.57. The van der Waals surface area contributed by atoms with Crippen LogP contribution >= 0.6 is 11.6 Å². The van der Waals surface area contributed by atoms with E-state index >= 15 is 0 Å². The molecule has 1 aromatic carbocycles. The minimum Gasteiger partial charge on any atom is -0.357 e. The van der Waals surface area contributed by atoms with Crippen molar-refractivity contribution in [3.63, 3.8) is 0 Å². The maximum atomic E-state index is 5.95. The Morgan fingerprint density at radius 1 is 1.44 bits per heavy atom. The highest BCUT2D eigenvalue weighted by molar-refractivity contribution is 6.30. The normalized spacial score (nSPS) is 15.6. The zero-order valence-corrected chi connectivity index (χ0v) is 11.5. The standard InChI is InChI=1S/C14H20ClN3/c1-2-16-14(18-13-6-7-13)17-9-8-11-4-3-5-12(15)10-11/h3-5,10,13H,2,6-9H2,1H3,(H2,16,17,18). The second kappa shape index (κ2) is 6.64. The number of aliphatic imine (C=N–C) groups is 1. The molecular weight excluding hydrogens is 246 g/mol. The highest BCUT2D eigenvalue weighted by atomic mass is 35.5. The number of rotatable bonds is 5. The van der Waals surface area contributed by atoms with Crippen molar-refractivity contribution in [3.05, 3.63) is 34.9 Å². The highest BCUT2D eigenvalue weighted by Crippen LogP contribution is 2.18. The van der Waals surface area contributed by atoms with Crippen molar-refractivity contribution >= 4 is 17.6 Å². The van der Waals surface area contributed by atoms with Gasteiger partial charge < -0.3 is 10.6 Å². The first-order valence-electron chi connectivity index (χ1n) is 6.57. The number of hydrogen-bond donors (Lipinski definition) is 2. The number of hydrogen-bond acceptors (Lipinski definition) is 1. The Kier molecular flexibility index (Phi) is 4.88. The molecule has 2 rings (SSSR count). The van der Waals surface area contributed by atoms with Crippen molar-refractivity contribution in [2.75, 3.05) is 13.1 Å². The van der Waals surface area contributed by atoms with Crippen molar-refractivity contribution in [3.8, 4) is 0 Å². The van der Waals surface area contributed by atoms with Crippen LogP contribution in [0.2, 0.25) is 5.02 Å². The van der Waals surface area contributed by atoms with Gasteiger partial charge in [0.05, 0.1) is 0 Å².